The summed E-state index contributed by atoms with van der Waals surface area (Å²) in [5, 5.41) is 0.793. The second-order valence-electron chi connectivity index (χ2n) is 7.17. The minimum atomic E-state index is -4.72. The summed E-state index contributed by atoms with van der Waals surface area (Å²) in [4.78, 5) is 26.4. The Bertz CT molecular complexity index is 968. The van der Waals surface area contributed by atoms with Crippen molar-refractivity contribution in [3.05, 3.63) is 69.7 Å². The number of ether oxygens (including phenoxy) is 2. The molecule has 10 heteroatoms. The number of carbonyl (C=O) groups is 2. The molecule has 1 heterocycles. The Labute approximate surface area is 193 Å². The molecule has 0 N–H and O–H groups in total. The van der Waals surface area contributed by atoms with Crippen LogP contribution in [0.15, 0.2) is 48.5 Å². The molecule has 3 rings (SSSR count). The number of hydrogen-bond acceptors (Lipinski definition) is 4. The van der Waals surface area contributed by atoms with Crippen molar-refractivity contribution < 1.29 is 32.2 Å². The highest BCUT2D eigenvalue weighted by atomic mass is 35.5. The van der Waals surface area contributed by atoms with Crippen LogP contribution in [0.4, 0.5) is 13.2 Å². The van der Waals surface area contributed by atoms with Crippen LogP contribution >= 0.6 is 23.2 Å². The molecule has 2 aromatic carbocycles. The van der Waals surface area contributed by atoms with E-state index in [2.05, 4.69) is 0 Å². The van der Waals surface area contributed by atoms with E-state index in [-0.39, 0.29) is 6.61 Å². The number of nitrogens with zero attached hydrogens (tertiary/aromatic N) is 1. The van der Waals surface area contributed by atoms with Gasteiger partial charge in [-0.05, 0) is 42.3 Å². The van der Waals surface area contributed by atoms with Crippen LogP contribution in [0.3, 0.4) is 0 Å². The first-order valence-corrected chi connectivity index (χ1v) is 10.5. The van der Waals surface area contributed by atoms with Crippen molar-refractivity contribution in [1.82, 2.24) is 4.90 Å². The molecule has 0 unspecified atom stereocenters. The maximum Gasteiger partial charge on any atom is 0.391 e. The quantitative estimate of drug-likeness (QED) is 0.501. The molecule has 32 heavy (non-hydrogen) atoms. The third-order valence-electron chi connectivity index (χ3n) is 4.97. The zero-order valence-electron chi connectivity index (χ0n) is 16.9. The third-order valence-corrected chi connectivity index (χ3v) is 5.46. The third kappa shape index (κ3) is 5.74. The van der Waals surface area contributed by atoms with Crippen LogP contribution in [0.25, 0.3) is 0 Å². The van der Waals surface area contributed by atoms with Gasteiger partial charge in [-0.15, -0.1) is 0 Å². The van der Waals surface area contributed by atoms with E-state index >= 15 is 0 Å². The largest absolute Gasteiger partial charge is 0.464 e. The molecular weight excluding hydrogens is 470 g/mol. The minimum absolute atomic E-state index is 0.130. The molecule has 0 saturated carbocycles. The van der Waals surface area contributed by atoms with E-state index in [4.69, 9.17) is 32.7 Å². The summed E-state index contributed by atoms with van der Waals surface area (Å²) < 4.78 is 51.0. The number of carbonyl (C=O) groups excluding carboxylic acids is 2. The van der Waals surface area contributed by atoms with Crippen molar-refractivity contribution in [3.63, 3.8) is 0 Å². The van der Waals surface area contributed by atoms with Crippen molar-refractivity contribution in [1.29, 1.82) is 0 Å². The van der Waals surface area contributed by atoms with E-state index in [0.717, 1.165) is 4.90 Å². The smallest absolute Gasteiger partial charge is 0.391 e. The lowest BCUT2D eigenvalue weighted by Crippen LogP contribution is -2.55. The molecule has 1 fully saturated rings. The lowest BCUT2D eigenvalue weighted by Gasteiger charge is -2.44. The van der Waals surface area contributed by atoms with Gasteiger partial charge in [-0.3, -0.25) is 4.79 Å². The zero-order valence-corrected chi connectivity index (χ0v) is 18.5. The van der Waals surface area contributed by atoms with Crippen molar-refractivity contribution in [2.24, 2.45) is 0 Å². The van der Waals surface area contributed by atoms with E-state index in [0.29, 0.717) is 21.2 Å². The molecule has 1 saturated heterocycles. The van der Waals surface area contributed by atoms with Crippen LogP contribution < -0.4 is 0 Å². The van der Waals surface area contributed by atoms with Crippen molar-refractivity contribution in [3.8, 4) is 0 Å². The molecule has 172 valence electrons. The van der Waals surface area contributed by atoms with Gasteiger partial charge < -0.3 is 14.4 Å². The number of morpholine rings is 1. The van der Waals surface area contributed by atoms with Gasteiger partial charge in [0.05, 0.1) is 19.1 Å². The van der Waals surface area contributed by atoms with E-state index in [9.17, 15) is 22.8 Å². The first kappa shape index (κ1) is 24.4. The molecular formula is C22H20Cl2F3NO4. The fraction of sp³-hybridized carbons (Fsp3) is 0.364. The number of esters is 1. The highest BCUT2D eigenvalue weighted by Crippen LogP contribution is 2.43. The Morgan fingerprint density at radius 1 is 1.16 bits per heavy atom. The van der Waals surface area contributed by atoms with Crippen LogP contribution in [-0.4, -0.2) is 42.2 Å². The monoisotopic (exact) mass is 489 g/mol. The molecule has 1 aliphatic heterocycles. The summed E-state index contributed by atoms with van der Waals surface area (Å²) in [5.74, 6) is -1.89. The lowest BCUT2D eigenvalue weighted by atomic mass is 9.91. The summed E-state index contributed by atoms with van der Waals surface area (Å²) in [6.45, 7) is 0.846. The Morgan fingerprint density at radius 2 is 1.84 bits per heavy atom. The van der Waals surface area contributed by atoms with Crippen molar-refractivity contribution in [2.75, 3.05) is 13.2 Å². The highest BCUT2D eigenvalue weighted by Gasteiger charge is 2.48. The van der Waals surface area contributed by atoms with E-state index in [1.54, 1.807) is 48.5 Å². The van der Waals surface area contributed by atoms with Crippen LogP contribution in [0.2, 0.25) is 10.0 Å². The molecule has 5 nitrogen and oxygen atoms in total. The fourth-order valence-electron chi connectivity index (χ4n) is 3.71. The molecule has 2 aromatic rings. The number of amides is 1. The van der Waals surface area contributed by atoms with Gasteiger partial charge in [-0.2, -0.15) is 13.2 Å². The number of alkyl halides is 3. The minimum Gasteiger partial charge on any atom is -0.464 e. The predicted molar refractivity (Wildman–Crippen MR) is 112 cm³/mol. The predicted octanol–water partition coefficient (Wildman–Crippen LogP) is 5.52. The fourth-order valence-corrected chi connectivity index (χ4v) is 4.03. The normalized spacial score (nSPS) is 20.2. The van der Waals surface area contributed by atoms with Crippen LogP contribution in [0, 0.1) is 0 Å². The summed E-state index contributed by atoms with van der Waals surface area (Å²) in [7, 11) is 0. The van der Waals surface area contributed by atoms with Gasteiger partial charge in [-0.1, -0.05) is 47.5 Å². The van der Waals surface area contributed by atoms with Gasteiger partial charge in [0, 0.05) is 10.0 Å². The Kier molecular flexibility index (Phi) is 7.69. The molecule has 0 aromatic heterocycles. The molecule has 1 amide bonds. The van der Waals surface area contributed by atoms with Gasteiger partial charge in [0.15, 0.2) is 0 Å². The topological polar surface area (TPSA) is 55.8 Å². The van der Waals surface area contributed by atoms with E-state index < -0.39 is 49.3 Å². The molecule has 0 aliphatic carbocycles. The molecule has 0 bridgehead atoms. The van der Waals surface area contributed by atoms with Crippen molar-refractivity contribution in [2.45, 2.75) is 37.7 Å². The van der Waals surface area contributed by atoms with E-state index in [1.165, 1.54) is 6.92 Å². The van der Waals surface area contributed by atoms with Gasteiger partial charge in [0.1, 0.15) is 18.8 Å². The Balaban J connectivity index is 2.15. The summed E-state index contributed by atoms with van der Waals surface area (Å²) in [6, 6.07) is 9.92. The van der Waals surface area contributed by atoms with E-state index in [1.807, 2.05) is 0 Å². The number of hydrogen-bond donors (Lipinski definition) is 0. The second-order valence-corrected chi connectivity index (χ2v) is 8.04. The average Bonchev–Trinajstić information content (AvgIpc) is 2.72. The Hall–Kier alpha value is -2.29. The van der Waals surface area contributed by atoms with Gasteiger partial charge in [0.2, 0.25) is 5.91 Å². The first-order valence-electron chi connectivity index (χ1n) is 9.77. The highest BCUT2D eigenvalue weighted by molar-refractivity contribution is 6.30. The first-order chi connectivity index (χ1) is 15.1. The summed E-state index contributed by atoms with van der Waals surface area (Å²) in [6.07, 6.45) is -7.14. The van der Waals surface area contributed by atoms with Crippen molar-refractivity contribution >= 4 is 35.1 Å². The zero-order chi connectivity index (χ0) is 23.5. The Morgan fingerprint density at radius 3 is 2.44 bits per heavy atom. The maximum absolute atomic E-state index is 13.4. The molecule has 0 radical (unpaired) electrons. The summed E-state index contributed by atoms with van der Waals surface area (Å²) in [5.41, 5.74) is 0.994. The van der Waals surface area contributed by atoms with Gasteiger partial charge >= 0.3 is 12.1 Å². The standard InChI is InChI=1S/C22H20Cl2F3NO4/c1-2-31-21(30)17(11-22(25,26)27)28-18(29)12-32-20(14-4-3-5-16(24)10-14)19(28)13-6-8-15(23)9-7-13/h3-10,17,19-20H,2,11-12H2,1H3/t17-,19-,20-/m1/s1. The average molecular weight is 490 g/mol. The molecule has 3 atom stereocenters. The number of benzene rings is 2. The number of halogens is 5. The number of rotatable bonds is 6. The van der Waals surface area contributed by atoms with Gasteiger partial charge in [-0.25, -0.2) is 4.79 Å². The summed E-state index contributed by atoms with van der Waals surface area (Å²) >= 11 is 12.1. The lowest BCUT2D eigenvalue weighted by molar-refractivity contribution is -0.189. The maximum atomic E-state index is 13.4. The van der Waals surface area contributed by atoms with Crippen LogP contribution in [-0.2, 0) is 19.1 Å². The second kappa shape index (κ2) is 10.1. The van der Waals surface area contributed by atoms with Gasteiger partial charge in [0.25, 0.3) is 0 Å². The SMILES string of the molecule is CCOC(=O)[C@@H](CC(F)(F)F)N1C(=O)CO[C@H](c2cccc(Cl)c2)[C@H]1c1ccc(Cl)cc1. The molecule has 0 spiro atoms. The molecule has 1 aliphatic rings. The van der Waals surface area contributed by atoms with Crippen LogP contribution in [0.1, 0.15) is 36.6 Å². The van der Waals surface area contributed by atoms with Crippen LogP contribution in [0.5, 0.6) is 0 Å².